The molecule has 0 heterocycles. The molecule has 1 rings (SSSR count). The second-order valence-corrected chi connectivity index (χ2v) is 12.2. The molecule has 0 saturated carbocycles. The van der Waals surface area contributed by atoms with E-state index in [-0.39, 0.29) is 11.5 Å². The molecule has 0 aliphatic rings. The molecule has 1 aromatic rings. The third-order valence-corrected chi connectivity index (χ3v) is 10.6. The molecule has 0 aliphatic carbocycles. The van der Waals surface area contributed by atoms with Gasteiger partial charge >= 0.3 is 0 Å². The van der Waals surface area contributed by atoms with Crippen molar-refractivity contribution in [3.8, 4) is 5.75 Å². The zero-order valence-corrected chi connectivity index (χ0v) is 15.9. The molecule has 0 atom stereocenters. The molecule has 0 saturated heterocycles. The smallest absolute Gasteiger partial charge is 0.258 e. The topological polar surface area (TPSA) is 26.3 Å². The lowest BCUT2D eigenvalue weighted by atomic mass is 10.1. The number of hydrogen-bond donors (Lipinski definition) is 0. The molecule has 0 aliphatic heterocycles. The van der Waals surface area contributed by atoms with E-state index < -0.39 is 14.1 Å². The Kier molecular flexibility index (Phi) is 6.35. The van der Waals surface area contributed by atoms with Crippen LogP contribution in [0.25, 0.3) is 0 Å². The van der Waals surface area contributed by atoms with Crippen LogP contribution >= 0.6 is 0 Å². The second-order valence-electron chi connectivity index (χ2n) is 6.84. The lowest BCUT2D eigenvalue weighted by Crippen LogP contribution is -2.50. The molecule has 2 nitrogen and oxygen atoms in total. The van der Waals surface area contributed by atoms with Gasteiger partial charge in [-0.25, -0.2) is 4.39 Å². The minimum absolute atomic E-state index is 0.0504. The highest BCUT2D eigenvalue weighted by molar-refractivity contribution is 6.78. The van der Waals surface area contributed by atoms with E-state index in [0.29, 0.717) is 28.6 Å². The van der Waals surface area contributed by atoms with E-state index in [2.05, 4.69) is 41.5 Å². The van der Waals surface area contributed by atoms with Crippen LogP contribution in [0, 0.1) is 5.82 Å². The van der Waals surface area contributed by atoms with Crippen LogP contribution in [0.1, 0.15) is 65.2 Å². The van der Waals surface area contributed by atoms with E-state index in [1.807, 2.05) is 0 Å². The minimum Gasteiger partial charge on any atom is -0.541 e. The molecule has 0 N–H and O–H groups in total. The maximum absolute atomic E-state index is 14.4. The van der Waals surface area contributed by atoms with Crippen LogP contribution in [0.4, 0.5) is 4.39 Å². The predicted molar refractivity (Wildman–Crippen MR) is 92.7 cm³/mol. The summed E-state index contributed by atoms with van der Waals surface area (Å²) in [5.41, 5.74) is 1.55. The van der Waals surface area contributed by atoms with E-state index in [1.165, 1.54) is 6.07 Å². The largest absolute Gasteiger partial charge is 0.541 e. The molecule has 0 unspecified atom stereocenters. The summed E-state index contributed by atoms with van der Waals surface area (Å²) < 4.78 is 20.8. The van der Waals surface area contributed by atoms with Crippen molar-refractivity contribution in [1.82, 2.24) is 0 Å². The Hall–Kier alpha value is -1.16. The van der Waals surface area contributed by atoms with Gasteiger partial charge in [0.15, 0.2) is 11.6 Å². The first-order valence-corrected chi connectivity index (χ1v) is 10.3. The molecular formula is C18H29FO2Si. The zero-order valence-electron chi connectivity index (χ0n) is 14.9. The van der Waals surface area contributed by atoms with E-state index in [1.54, 1.807) is 19.1 Å². The normalized spacial score (nSPS) is 12.3. The molecule has 4 heteroatoms. The van der Waals surface area contributed by atoms with Crippen molar-refractivity contribution >= 4 is 14.1 Å². The van der Waals surface area contributed by atoms with Gasteiger partial charge < -0.3 is 4.43 Å². The molecule has 0 aromatic heterocycles. The number of hydrogen-bond acceptors (Lipinski definition) is 2. The second kappa shape index (κ2) is 7.40. The van der Waals surface area contributed by atoms with E-state index in [4.69, 9.17) is 4.43 Å². The van der Waals surface area contributed by atoms with Gasteiger partial charge in [-0.15, -0.1) is 0 Å². The van der Waals surface area contributed by atoms with Crippen LogP contribution in [0.3, 0.4) is 0 Å². The van der Waals surface area contributed by atoms with Crippen molar-refractivity contribution in [2.45, 2.75) is 71.5 Å². The number of carbonyl (C=O) groups is 1. The van der Waals surface area contributed by atoms with Crippen LogP contribution in [-0.2, 0) is 0 Å². The van der Waals surface area contributed by atoms with Crippen molar-refractivity contribution in [2.75, 3.05) is 0 Å². The molecule has 0 radical (unpaired) electrons. The van der Waals surface area contributed by atoms with Gasteiger partial charge in [0, 0.05) is 12.0 Å². The Morgan fingerprint density at radius 3 is 1.95 bits per heavy atom. The third kappa shape index (κ3) is 3.59. The maximum atomic E-state index is 14.4. The summed E-state index contributed by atoms with van der Waals surface area (Å²) in [6.07, 6.45) is 0.377. The highest BCUT2D eigenvalue weighted by atomic mass is 28.4. The number of ketones is 1. The number of rotatable bonds is 7. The van der Waals surface area contributed by atoms with Crippen LogP contribution < -0.4 is 4.43 Å². The summed E-state index contributed by atoms with van der Waals surface area (Å²) in [6.45, 7) is 14.8. The van der Waals surface area contributed by atoms with Crippen molar-refractivity contribution in [3.05, 3.63) is 29.6 Å². The van der Waals surface area contributed by atoms with Gasteiger partial charge in [0.25, 0.3) is 8.32 Å². The van der Waals surface area contributed by atoms with E-state index in [0.717, 1.165) is 0 Å². The standard InChI is InChI=1S/C18H29FO2Si/c1-8-17(20)15-9-10-18(16(19)11-15)21-22(12(2)3,13(4)5)14(6)7/h9-14H,8H2,1-7H3. The lowest BCUT2D eigenvalue weighted by Gasteiger charge is -2.42. The summed E-state index contributed by atoms with van der Waals surface area (Å²) in [5, 5.41) is 0. The van der Waals surface area contributed by atoms with Gasteiger partial charge in [0.05, 0.1) is 0 Å². The summed E-state index contributed by atoms with van der Waals surface area (Å²) >= 11 is 0. The molecule has 0 amide bonds. The molecule has 0 fully saturated rings. The Bertz CT molecular complexity index is 502. The molecule has 0 spiro atoms. The van der Waals surface area contributed by atoms with Gasteiger partial charge in [0.1, 0.15) is 5.75 Å². The first kappa shape index (κ1) is 18.9. The summed E-state index contributed by atoms with van der Waals surface area (Å²) in [6, 6.07) is 4.60. The SMILES string of the molecule is CCC(=O)c1ccc(O[Si](C(C)C)(C(C)C)C(C)C)c(F)c1. The third-order valence-electron chi connectivity index (χ3n) is 4.57. The van der Waals surface area contributed by atoms with Crippen molar-refractivity contribution < 1.29 is 13.6 Å². The highest BCUT2D eigenvalue weighted by Gasteiger charge is 2.47. The summed E-state index contributed by atoms with van der Waals surface area (Å²) in [7, 11) is -2.18. The van der Waals surface area contributed by atoms with E-state index in [9.17, 15) is 9.18 Å². The molecule has 0 bridgehead atoms. The molecular weight excluding hydrogens is 295 g/mol. The average molecular weight is 325 g/mol. The molecule has 1 aromatic carbocycles. The number of benzene rings is 1. The van der Waals surface area contributed by atoms with Gasteiger partial charge in [-0.1, -0.05) is 48.5 Å². The fourth-order valence-electron chi connectivity index (χ4n) is 3.51. The zero-order chi connectivity index (χ0) is 17.1. The van der Waals surface area contributed by atoms with Gasteiger partial charge in [-0.3, -0.25) is 4.79 Å². The van der Waals surface area contributed by atoms with Gasteiger partial charge in [-0.2, -0.15) is 0 Å². The first-order valence-electron chi connectivity index (χ1n) is 8.18. The van der Waals surface area contributed by atoms with Gasteiger partial charge in [0.2, 0.25) is 0 Å². The first-order chi connectivity index (χ1) is 10.2. The van der Waals surface area contributed by atoms with Crippen molar-refractivity contribution in [2.24, 2.45) is 0 Å². The van der Waals surface area contributed by atoms with Crippen LogP contribution in [0.15, 0.2) is 18.2 Å². The molecule has 22 heavy (non-hydrogen) atoms. The number of Topliss-reactive ketones (excluding diaryl/α,β-unsaturated/α-hetero) is 1. The number of carbonyl (C=O) groups excluding carboxylic acids is 1. The van der Waals surface area contributed by atoms with Gasteiger partial charge in [-0.05, 0) is 34.8 Å². The van der Waals surface area contributed by atoms with Crippen LogP contribution in [0.2, 0.25) is 16.6 Å². The molecule has 124 valence electrons. The quantitative estimate of drug-likeness (QED) is 0.456. The summed E-state index contributed by atoms with van der Waals surface area (Å²) in [4.78, 5) is 11.7. The highest BCUT2D eigenvalue weighted by Crippen LogP contribution is 2.43. The minimum atomic E-state index is -2.18. The fraction of sp³-hybridized carbons (Fsp3) is 0.611. The average Bonchev–Trinajstić information content (AvgIpc) is 2.43. The number of halogens is 1. The Morgan fingerprint density at radius 1 is 1.09 bits per heavy atom. The van der Waals surface area contributed by atoms with Crippen molar-refractivity contribution in [1.29, 1.82) is 0 Å². The Labute approximate surface area is 135 Å². The van der Waals surface area contributed by atoms with Crippen LogP contribution in [0.5, 0.6) is 5.75 Å². The Morgan fingerprint density at radius 2 is 1.59 bits per heavy atom. The monoisotopic (exact) mass is 324 g/mol. The fourth-order valence-corrected chi connectivity index (χ4v) is 8.76. The lowest BCUT2D eigenvalue weighted by molar-refractivity contribution is 0.0987. The van der Waals surface area contributed by atoms with Crippen molar-refractivity contribution in [3.63, 3.8) is 0 Å². The van der Waals surface area contributed by atoms with Crippen LogP contribution in [-0.4, -0.2) is 14.1 Å². The predicted octanol–water partition coefficient (Wildman–Crippen LogP) is 5.97. The Balaban J connectivity index is 3.22. The summed E-state index contributed by atoms with van der Waals surface area (Å²) in [5.74, 6) is -0.195. The maximum Gasteiger partial charge on any atom is 0.258 e. The van der Waals surface area contributed by atoms with E-state index >= 15 is 0 Å².